The highest BCUT2D eigenvalue weighted by atomic mass is 16.5. The average Bonchev–Trinajstić information content (AvgIpc) is 2.58. The van der Waals surface area contributed by atoms with Gasteiger partial charge < -0.3 is 15.5 Å². The van der Waals surface area contributed by atoms with Crippen LogP contribution < -0.4 is 10.5 Å². The lowest BCUT2D eigenvalue weighted by Crippen LogP contribution is -1.96. The third-order valence-corrected chi connectivity index (χ3v) is 2.00. The van der Waals surface area contributed by atoms with Crippen LogP contribution in [-0.4, -0.2) is 11.6 Å². The van der Waals surface area contributed by atoms with E-state index in [2.05, 4.69) is 4.98 Å². The Morgan fingerprint density at radius 1 is 1.38 bits per heavy atom. The molecule has 3 nitrogen and oxygen atoms in total. The lowest BCUT2D eigenvalue weighted by atomic mass is 10.2. The zero-order chi connectivity index (χ0) is 9.26. The monoisotopic (exact) mass is 176 g/mol. The number of ether oxygens (including phenoxy) is 1. The SMILES string of the molecule is CCOc1c(N)ccc2[nH]ccc12. The third-order valence-electron chi connectivity index (χ3n) is 2.00. The molecule has 3 heteroatoms. The fraction of sp³-hybridized carbons (Fsp3) is 0.200. The molecule has 0 amide bonds. The van der Waals surface area contributed by atoms with Crippen molar-refractivity contribution in [2.75, 3.05) is 12.3 Å². The second-order valence-corrected chi connectivity index (χ2v) is 2.86. The number of nitrogens with one attached hydrogen (secondary N) is 1. The van der Waals surface area contributed by atoms with Crippen molar-refractivity contribution >= 4 is 16.6 Å². The van der Waals surface area contributed by atoms with Crippen molar-refractivity contribution < 1.29 is 4.74 Å². The highest BCUT2D eigenvalue weighted by Gasteiger charge is 2.05. The number of nitrogen functional groups attached to an aromatic ring is 1. The number of fused-ring (bicyclic) bond motifs is 1. The average molecular weight is 176 g/mol. The summed E-state index contributed by atoms with van der Waals surface area (Å²) < 4.78 is 5.46. The number of aromatic nitrogens is 1. The summed E-state index contributed by atoms with van der Waals surface area (Å²) in [7, 11) is 0. The van der Waals surface area contributed by atoms with Gasteiger partial charge in [0.25, 0.3) is 0 Å². The zero-order valence-corrected chi connectivity index (χ0v) is 7.50. The molecule has 0 saturated carbocycles. The molecular formula is C10H12N2O. The fourth-order valence-corrected chi connectivity index (χ4v) is 1.43. The van der Waals surface area contributed by atoms with Crippen LogP contribution in [0.5, 0.6) is 5.75 Å². The number of aromatic amines is 1. The first-order chi connectivity index (χ1) is 6.33. The predicted octanol–water partition coefficient (Wildman–Crippen LogP) is 2.15. The van der Waals surface area contributed by atoms with Gasteiger partial charge in [-0.25, -0.2) is 0 Å². The van der Waals surface area contributed by atoms with Gasteiger partial charge >= 0.3 is 0 Å². The van der Waals surface area contributed by atoms with E-state index in [1.807, 2.05) is 31.3 Å². The lowest BCUT2D eigenvalue weighted by Gasteiger charge is -2.07. The number of hydrogen-bond donors (Lipinski definition) is 2. The topological polar surface area (TPSA) is 51.0 Å². The Morgan fingerprint density at radius 3 is 3.00 bits per heavy atom. The molecule has 1 aromatic heterocycles. The summed E-state index contributed by atoms with van der Waals surface area (Å²) in [6, 6.07) is 5.77. The first kappa shape index (κ1) is 7.98. The van der Waals surface area contributed by atoms with E-state index >= 15 is 0 Å². The Morgan fingerprint density at radius 2 is 2.23 bits per heavy atom. The molecule has 2 aromatic rings. The van der Waals surface area contributed by atoms with E-state index in [-0.39, 0.29) is 0 Å². The Labute approximate surface area is 76.5 Å². The van der Waals surface area contributed by atoms with Gasteiger partial charge in [0.1, 0.15) is 0 Å². The number of H-pyrrole nitrogens is 1. The molecule has 0 bridgehead atoms. The number of anilines is 1. The molecule has 0 saturated heterocycles. The van der Waals surface area contributed by atoms with E-state index in [9.17, 15) is 0 Å². The smallest absolute Gasteiger partial charge is 0.151 e. The van der Waals surface area contributed by atoms with Gasteiger partial charge in [0.2, 0.25) is 0 Å². The highest BCUT2D eigenvalue weighted by molar-refractivity contribution is 5.90. The van der Waals surface area contributed by atoms with E-state index in [4.69, 9.17) is 10.5 Å². The van der Waals surface area contributed by atoms with Crippen LogP contribution in [-0.2, 0) is 0 Å². The van der Waals surface area contributed by atoms with Crippen molar-refractivity contribution in [1.82, 2.24) is 4.98 Å². The van der Waals surface area contributed by atoms with Crippen LogP contribution in [0.15, 0.2) is 24.4 Å². The lowest BCUT2D eigenvalue weighted by molar-refractivity contribution is 0.346. The van der Waals surface area contributed by atoms with E-state index in [1.165, 1.54) is 0 Å². The minimum Gasteiger partial charge on any atom is -0.491 e. The molecule has 0 fully saturated rings. The van der Waals surface area contributed by atoms with E-state index in [1.54, 1.807) is 0 Å². The summed E-state index contributed by atoms with van der Waals surface area (Å²) in [5.74, 6) is 0.779. The molecule has 0 radical (unpaired) electrons. The van der Waals surface area contributed by atoms with Crippen LogP contribution in [0.3, 0.4) is 0 Å². The molecule has 0 unspecified atom stereocenters. The molecule has 1 aromatic carbocycles. The fourth-order valence-electron chi connectivity index (χ4n) is 1.43. The molecule has 0 aliphatic carbocycles. The Kier molecular flexibility index (Phi) is 1.85. The first-order valence-electron chi connectivity index (χ1n) is 4.31. The van der Waals surface area contributed by atoms with Crippen LogP contribution >= 0.6 is 0 Å². The van der Waals surface area contributed by atoms with Gasteiger partial charge in [-0.2, -0.15) is 0 Å². The van der Waals surface area contributed by atoms with Crippen molar-refractivity contribution in [3.63, 3.8) is 0 Å². The summed E-state index contributed by atoms with van der Waals surface area (Å²) in [6.07, 6.45) is 1.88. The standard InChI is InChI=1S/C10H12N2O/c1-2-13-10-7-5-6-12-9(7)4-3-8(10)11/h3-6,12H,2,11H2,1H3. The molecule has 0 atom stereocenters. The number of nitrogens with two attached hydrogens (primary N) is 1. The summed E-state index contributed by atoms with van der Waals surface area (Å²) in [5.41, 5.74) is 7.54. The van der Waals surface area contributed by atoms with Crippen molar-refractivity contribution in [3.8, 4) is 5.75 Å². The van der Waals surface area contributed by atoms with Gasteiger partial charge in [-0.3, -0.25) is 0 Å². The highest BCUT2D eigenvalue weighted by Crippen LogP contribution is 2.30. The summed E-state index contributed by atoms with van der Waals surface area (Å²) >= 11 is 0. The molecule has 0 aliphatic heterocycles. The molecule has 1 heterocycles. The minimum absolute atomic E-state index is 0.633. The van der Waals surface area contributed by atoms with Crippen LogP contribution in [0.25, 0.3) is 10.9 Å². The quantitative estimate of drug-likeness (QED) is 0.689. The molecule has 0 spiro atoms. The summed E-state index contributed by atoms with van der Waals surface area (Å²) in [4.78, 5) is 3.11. The number of hydrogen-bond acceptors (Lipinski definition) is 2. The Balaban J connectivity index is 2.66. The summed E-state index contributed by atoms with van der Waals surface area (Å²) in [6.45, 7) is 2.58. The van der Waals surface area contributed by atoms with Gasteiger partial charge in [-0.15, -0.1) is 0 Å². The summed E-state index contributed by atoms with van der Waals surface area (Å²) in [5, 5.41) is 1.04. The van der Waals surface area contributed by atoms with E-state index in [0.29, 0.717) is 12.3 Å². The van der Waals surface area contributed by atoms with Crippen molar-refractivity contribution in [1.29, 1.82) is 0 Å². The van der Waals surface area contributed by atoms with Gasteiger partial charge in [0.15, 0.2) is 5.75 Å². The van der Waals surface area contributed by atoms with Crippen LogP contribution in [0.4, 0.5) is 5.69 Å². The van der Waals surface area contributed by atoms with Crippen molar-refractivity contribution in [2.45, 2.75) is 6.92 Å². The predicted molar refractivity (Wildman–Crippen MR) is 53.9 cm³/mol. The van der Waals surface area contributed by atoms with Gasteiger partial charge in [0.05, 0.1) is 12.3 Å². The van der Waals surface area contributed by atoms with Crippen molar-refractivity contribution in [3.05, 3.63) is 24.4 Å². The molecular weight excluding hydrogens is 164 g/mol. The van der Waals surface area contributed by atoms with Crippen LogP contribution in [0.2, 0.25) is 0 Å². The molecule has 3 N–H and O–H groups in total. The number of benzene rings is 1. The number of rotatable bonds is 2. The maximum atomic E-state index is 5.79. The maximum Gasteiger partial charge on any atom is 0.151 e. The second kappa shape index (κ2) is 3.01. The van der Waals surface area contributed by atoms with Gasteiger partial charge in [-0.05, 0) is 25.1 Å². The minimum atomic E-state index is 0.633. The zero-order valence-electron chi connectivity index (χ0n) is 7.50. The molecule has 13 heavy (non-hydrogen) atoms. The van der Waals surface area contributed by atoms with Gasteiger partial charge in [0, 0.05) is 17.1 Å². The maximum absolute atomic E-state index is 5.79. The first-order valence-corrected chi connectivity index (χ1v) is 4.31. The van der Waals surface area contributed by atoms with Crippen molar-refractivity contribution in [2.24, 2.45) is 0 Å². The third kappa shape index (κ3) is 1.22. The normalized spacial score (nSPS) is 10.5. The molecule has 2 rings (SSSR count). The van der Waals surface area contributed by atoms with Gasteiger partial charge in [-0.1, -0.05) is 0 Å². The second-order valence-electron chi connectivity index (χ2n) is 2.86. The van der Waals surface area contributed by atoms with E-state index < -0.39 is 0 Å². The molecule has 0 aliphatic rings. The Hall–Kier alpha value is -1.64. The van der Waals surface area contributed by atoms with Crippen LogP contribution in [0, 0.1) is 0 Å². The Bertz CT molecular complexity index is 420. The van der Waals surface area contributed by atoms with Crippen LogP contribution in [0.1, 0.15) is 6.92 Å². The largest absolute Gasteiger partial charge is 0.491 e. The van der Waals surface area contributed by atoms with E-state index in [0.717, 1.165) is 16.7 Å². The molecule has 68 valence electrons.